The molecule has 16 heavy (non-hydrogen) atoms. The smallest absolute Gasteiger partial charge is 0.264 e. The fourth-order valence-electron chi connectivity index (χ4n) is 1.69. The summed E-state index contributed by atoms with van der Waals surface area (Å²) in [6.07, 6.45) is 3.48. The van der Waals surface area contributed by atoms with E-state index in [1.807, 2.05) is 0 Å². The third kappa shape index (κ3) is 2.64. The van der Waals surface area contributed by atoms with Gasteiger partial charge >= 0.3 is 0 Å². The quantitative estimate of drug-likeness (QED) is 0.847. The number of aromatic amines is 1. The van der Waals surface area contributed by atoms with Gasteiger partial charge in [0.1, 0.15) is 9.39 Å². The summed E-state index contributed by atoms with van der Waals surface area (Å²) >= 11 is 2.09. The zero-order valence-corrected chi connectivity index (χ0v) is 12.1. The Hall–Kier alpha value is -0.390. The summed E-state index contributed by atoms with van der Waals surface area (Å²) < 4.78 is 0.727. The van der Waals surface area contributed by atoms with Crippen molar-refractivity contribution in [2.24, 2.45) is 5.92 Å². The molecule has 0 spiro atoms. The molecular weight excluding hydrogens is 315 g/mol. The van der Waals surface area contributed by atoms with E-state index in [-0.39, 0.29) is 11.0 Å². The number of nitrogens with zero attached hydrogens (tertiary/aromatic N) is 1. The first-order chi connectivity index (χ1) is 7.38. The van der Waals surface area contributed by atoms with Crippen molar-refractivity contribution in [1.82, 2.24) is 9.97 Å². The molecular formula is C12H17IN2O. The zero-order valence-electron chi connectivity index (χ0n) is 9.93. The van der Waals surface area contributed by atoms with E-state index >= 15 is 0 Å². The van der Waals surface area contributed by atoms with Gasteiger partial charge in [-0.1, -0.05) is 20.8 Å². The lowest BCUT2D eigenvalue weighted by atomic mass is 9.92. The molecule has 1 fully saturated rings. The largest absolute Gasteiger partial charge is 0.310 e. The van der Waals surface area contributed by atoms with Gasteiger partial charge in [-0.15, -0.1) is 0 Å². The molecule has 1 saturated carbocycles. The van der Waals surface area contributed by atoms with Crippen molar-refractivity contribution in [3.63, 3.8) is 0 Å². The van der Waals surface area contributed by atoms with Crippen LogP contribution >= 0.6 is 22.6 Å². The third-order valence-electron chi connectivity index (χ3n) is 2.80. The van der Waals surface area contributed by atoms with Gasteiger partial charge < -0.3 is 4.98 Å². The Balaban J connectivity index is 2.42. The van der Waals surface area contributed by atoms with E-state index < -0.39 is 0 Å². The maximum absolute atomic E-state index is 11.8. The molecule has 4 heteroatoms. The van der Waals surface area contributed by atoms with Gasteiger partial charge in [0.2, 0.25) is 0 Å². The monoisotopic (exact) mass is 332 g/mol. The van der Waals surface area contributed by atoms with Crippen LogP contribution in [0.15, 0.2) is 4.79 Å². The minimum atomic E-state index is -0.0664. The van der Waals surface area contributed by atoms with Crippen LogP contribution in [0, 0.1) is 9.49 Å². The summed E-state index contributed by atoms with van der Waals surface area (Å²) in [7, 11) is 0. The number of hydrogen-bond donors (Lipinski definition) is 1. The molecule has 1 aromatic rings. The Morgan fingerprint density at radius 3 is 2.56 bits per heavy atom. The average Bonchev–Trinajstić information content (AvgIpc) is 2.93. The summed E-state index contributed by atoms with van der Waals surface area (Å²) in [5, 5.41) is 0. The van der Waals surface area contributed by atoms with E-state index in [0.29, 0.717) is 0 Å². The lowest BCUT2D eigenvalue weighted by Gasteiger charge is -2.19. The number of aromatic nitrogens is 2. The third-order valence-corrected chi connectivity index (χ3v) is 3.80. The number of halogens is 1. The SMILES string of the molecule is CC(C)(C)c1nc(CC2CC2)[nH]c(=O)c1I. The van der Waals surface area contributed by atoms with Crippen LogP contribution < -0.4 is 5.56 Å². The molecule has 0 radical (unpaired) electrons. The Morgan fingerprint density at radius 1 is 1.44 bits per heavy atom. The number of nitrogens with one attached hydrogen (secondary N) is 1. The summed E-state index contributed by atoms with van der Waals surface area (Å²) in [5.74, 6) is 1.61. The second-order valence-corrected chi connectivity index (χ2v) is 6.65. The minimum Gasteiger partial charge on any atom is -0.310 e. The van der Waals surface area contributed by atoms with Crippen molar-refractivity contribution in [1.29, 1.82) is 0 Å². The topological polar surface area (TPSA) is 45.8 Å². The molecule has 0 amide bonds. The van der Waals surface area contributed by atoms with Gasteiger partial charge in [0.25, 0.3) is 5.56 Å². The average molecular weight is 332 g/mol. The van der Waals surface area contributed by atoms with Crippen LogP contribution in [0.25, 0.3) is 0 Å². The van der Waals surface area contributed by atoms with Crippen LogP contribution in [0.4, 0.5) is 0 Å². The van der Waals surface area contributed by atoms with Crippen molar-refractivity contribution in [3.8, 4) is 0 Å². The molecule has 0 saturated heterocycles. The lowest BCUT2D eigenvalue weighted by Crippen LogP contribution is -2.25. The summed E-state index contributed by atoms with van der Waals surface area (Å²) in [5.41, 5.74) is 0.868. The van der Waals surface area contributed by atoms with E-state index in [1.165, 1.54) is 12.8 Å². The molecule has 88 valence electrons. The minimum absolute atomic E-state index is 0.0103. The van der Waals surface area contributed by atoms with Gasteiger partial charge in [0.05, 0.1) is 5.69 Å². The predicted molar refractivity (Wildman–Crippen MR) is 72.7 cm³/mol. The number of hydrogen-bond acceptors (Lipinski definition) is 2. The fraction of sp³-hybridized carbons (Fsp3) is 0.667. The van der Waals surface area contributed by atoms with E-state index in [1.54, 1.807) is 0 Å². The molecule has 1 N–H and O–H groups in total. The Kier molecular flexibility index (Phi) is 3.11. The molecule has 0 unspecified atom stereocenters. The zero-order chi connectivity index (χ0) is 11.9. The summed E-state index contributed by atoms with van der Waals surface area (Å²) in [6, 6.07) is 0. The summed E-state index contributed by atoms with van der Waals surface area (Å²) in [6.45, 7) is 6.29. The standard InChI is InChI=1S/C12H17IN2O/c1-12(2,3)10-9(13)11(16)15-8(14-10)6-7-4-5-7/h7H,4-6H2,1-3H3,(H,14,15,16). The molecule has 1 aromatic heterocycles. The highest BCUT2D eigenvalue weighted by atomic mass is 127. The normalized spacial score (nSPS) is 16.5. The second kappa shape index (κ2) is 4.13. The Labute approximate surface area is 109 Å². The maximum Gasteiger partial charge on any atom is 0.264 e. The highest BCUT2D eigenvalue weighted by Gasteiger charge is 2.26. The molecule has 1 aliphatic carbocycles. The number of H-pyrrole nitrogens is 1. The van der Waals surface area contributed by atoms with Gasteiger partial charge in [-0.3, -0.25) is 4.79 Å². The van der Waals surface area contributed by atoms with Crippen molar-refractivity contribution < 1.29 is 0 Å². The predicted octanol–water partition coefficient (Wildman–Crippen LogP) is 2.62. The van der Waals surface area contributed by atoms with Gasteiger partial charge in [0, 0.05) is 11.8 Å². The highest BCUT2D eigenvalue weighted by Crippen LogP contribution is 2.32. The first kappa shape index (κ1) is 12.1. The lowest BCUT2D eigenvalue weighted by molar-refractivity contribution is 0.553. The van der Waals surface area contributed by atoms with Crippen molar-refractivity contribution >= 4 is 22.6 Å². The van der Waals surface area contributed by atoms with Gasteiger partial charge in [-0.2, -0.15) is 0 Å². The number of rotatable bonds is 2. The van der Waals surface area contributed by atoms with Crippen LogP contribution in [0.5, 0.6) is 0 Å². The summed E-state index contributed by atoms with van der Waals surface area (Å²) in [4.78, 5) is 19.3. The molecule has 3 nitrogen and oxygen atoms in total. The van der Waals surface area contributed by atoms with E-state index in [0.717, 1.165) is 27.4 Å². The molecule has 1 heterocycles. The van der Waals surface area contributed by atoms with E-state index in [9.17, 15) is 4.79 Å². The van der Waals surface area contributed by atoms with E-state index in [2.05, 4.69) is 53.3 Å². The molecule has 2 rings (SSSR count). The molecule has 1 aliphatic rings. The van der Waals surface area contributed by atoms with Crippen molar-refractivity contribution in [2.75, 3.05) is 0 Å². The molecule has 0 aliphatic heterocycles. The molecule has 0 atom stereocenters. The highest BCUT2D eigenvalue weighted by molar-refractivity contribution is 14.1. The van der Waals surface area contributed by atoms with Crippen LogP contribution in [0.2, 0.25) is 0 Å². The van der Waals surface area contributed by atoms with Gasteiger partial charge in [-0.05, 0) is 41.4 Å². The van der Waals surface area contributed by atoms with Crippen LogP contribution in [-0.4, -0.2) is 9.97 Å². The molecule has 0 aromatic carbocycles. The maximum atomic E-state index is 11.8. The van der Waals surface area contributed by atoms with Crippen LogP contribution in [-0.2, 0) is 11.8 Å². The van der Waals surface area contributed by atoms with Crippen LogP contribution in [0.1, 0.15) is 45.1 Å². The second-order valence-electron chi connectivity index (χ2n) is 5.57. The van der Waals surface area contributed by atoms with Gasteiger partial charge in [-0.25, -0.2) is 4.98 Å². The van der Waals surface area contributed by atoms with E-state index in [4.69, 9.17) is 0 Å². The van der Waals surface area contributed by atoms with Crippen LogP contribution in [0.3, 0.4) is 0 Å². The van der Waals surface area contributed by atoms with Crippen molar-refractivity contribution in [2.45, 2.75) is 45.4 Å². The Morgan fingerprint density at radius 2 is 2.06 bits per heavy atom. The first-order valence-corrected chi connectivity index (χ1v) is 6.75. The van der Waals surface area contributed by atoms with Crippen molar-refractivity contribution in [3.05, 3.63) is 25.4 Å². The Bertz CT molecular complexity index is 455. The molecule has 0 bridgehead atoms. The van der Waals surface area contributed by atoms with Gasteiger partial charge in [0.15, 0.2) is 0 Å². The first-order valence-electron chi connectivity index (χ1n) is 5.67. The fourth-order valence-corrected chi connectivity index (χ4v) is 2.76.